The van der Waals surface area contributed by atoms with Gasteiger partial charge < -0.3 is 10.1 Å². The fraction of sp³-hybridized carbons (Fsp3) is 0.167. The maximum absolute atomic E-state index is 11.2. The van der Waals surface area contributed by atoms with Crippen LogP contribution < -0.4 is 5.32 Å². The third kappa shape index (κ3) is 4.23. The van der Waals surface area contributed by atoms with Crippen molar-refractivity contribution in [2.45, 2.75) is 11.6 Å². The van der Waals surface area contributed by atoms with Crippen molar-refractivity contribution in [3.63, 3.8) is 0 Å². The minimum absolute atomic E-state index is 0.222. The van der Waals surface area contributed by atoms with Gasteiger partial charge in [-0.25, -0.2) is 4.98 Å². The summed E-state index contributed by atoms with van der Waals surface area (Å²) in [5.41, 5.74) is 1.17. The average Bonchev–Trinajstić information content (AvgIpc) is 2.64. The van der Waals surface area contributed by atoms with Crippen molar-refractivity contribution in [1.29, 1.82) is 0 Å². The number of nitrogens with one attached hydrogen (secondary N) is 1. The molecule has 0 aliphatic carbocycles. The zero-order valence-electron chi connectivity index (χ0n) is 13.2. The summed E-state index contributed by atoms with van der Waals surface area (Å²) in [6.45, 7) is 0.657. The quantitative estimate of drug-likeness (QED) is 0.548. The normalized spacial score (nSPS) is 10.5. The number of benzene rings is 2. The second kappa shape index (κ2) is 7.79. The largest absolute Gasteiger partial charge is 0.468 e. The molecule has 0 unspecified atom stereocenters. The molecule has 1 aromatic heterocycles. The van der Waals surface area contributed by atoms with Crippen LogP contribution in [0.1, 0.15) is 5.56 Å². The number of hydrogen-bond donors (Lipinski definition) is 1. The summed E-state index contributed by atoms with van der Waals surface area (Å²) in [5.74, 6) is 0.619. The summed E-state index contributed by atoms with van der Waals surface area (Å²) in [6.07, 6.45) is 3.30. The number of hydrogen-bond acceptors (Lipinski definition) is 6. The third-order valence-electron chi connectivity index (χ3n) is 3.47. The van der Waals surface area contributed by atoms with Crippen LogP contribution in [0, 0.1) is 0 Å². The highest BCUT2D eigenvalue weighted by atomic mass is 32.2. The van der Waals surface area contributed by atoms with Gasteiger partial charge in [0.1, 0.15) is 10.8 Å². The van der Waals surface area contributed by atoms with Crippen LogP contribution in [0.4, 0.5) is 5.82 Å². The number of anilines is 1. The Kier molecular flexibility index (Phi) is 5.28. The molecular weight excluding hydrogens is 322 g/mol. The summed E-state index contributed by atoms with van der Waals surface area (Å²) in [5, 5.41) is 6.39. The van der Waals surface area contributed by atoms with Crippen molar-refractivity contribution in [3.8, 4) is 0 Å². The van der Waals surface area contributed by atoms with Crippen LogP contribution in [0.3, 0.4) is 0 Å². The first kappa shape index (κ1) is 16.3. The van der Waals surface area contributed by atoms with Gasteiger partial charge in [-0.05, 0) is 22.4 Å². The average molecular weight is 339 g/mol. The molecule has 0 spiro atoms. The molecule has 3 rings (SSSR count). The maximum atomic E-state index is 11.2. The molecule has 1 N–H and O–H groups in total. The zero-order valence-corrected chi connectivity index (χ0v) is 14.0. The maximum Gasteiger partial charge on any atom is 0.316 e. The molecule has 2 aromatic carbocycles. The lowest BCUT2D eigenvalue weighted by Gasteiger charge is -2.08. The molecule has 0 radical (unpaired) electrons. The fourth-order valence-corrected chi connectivity index (χ4v) is 2.92. The third-order valence-corrected chi connectivity index (χ3v) is 4.34. The van der Waals surface area contributed by atoms with E-state index in [1.165, 1.54) is 35.2 Å². The van der Waals surface area contributed by atoms with Gasteiger partial charge in [-0.1, -0.05) is 48.2 Å². The molecule has 0 aliphatic heterocycles. The molecule has 122 valence electrons. The molecule has 3 aromatic rings. The van der Waals surface area contributed by atoms with Crippen molar-refractivity contribution in [3.05, 3.63) is 60.4 Å². The second-order valence-electron chi connectivity index (χ2n) is 5.14. The Morgan fingerprint density at radius 3 is 2.83 bits per heavy atom. The Bertz CT molecular complexity index is 854. The highest BCUT2D eigenvalue weighted by molar-refractivity contribution is 7.99. The first-order valence-corrected chi connectivity index (χ1v) is 8.46. The molecule has 0 saturated heterocycles. The fourth-order valence-electron chi connectivity index (χ4n) is 2.24. The number of esters is 1. The minimum atomic E-state index is -0.281. The number of aromatic nitrogens is 2. The van der Waals surface area contributed by atoms with E-state index in [1.807, 2.05) is 12.1 Å². The van der Waals surface area contributed by atoms with Crippen molar-refractivity contribution < 1.29 is 9.53 Å². The van der Waals surface area contributed by atoms with Gasteiger partial charge in [-0.3, -0.25) is 9.78 Å². The van der Waals surface area contributed by atoms with Crippen molar-refractivity contribution in [1.82, 2.24) is 9.97 Å². The van der Waals surface area contributed by atoms with E-state index in [4.69, 9.17) is 0 Å². The Morgan fingerprint density at radius 2 is 2.00 bits per heavy atom. The number of carbonyl (C=O) groups excluding carboxylic acids is 1. The van der Waals surface area contributed by atoms with Crippen molar-refractivity contribution in [2.75, 3.05) is 18.2 Å². The molecule has 0 saturated carbocycles. The molecule has 0 bridgehead atoms. The molecule has 1 heterocycles. The molecule has 24 heavy (non-hydrogen) atoms. The second-order valence-corrected chi connectivity index (χ2v) is 6.14. The summed E-state index contributed by atoms with van der Waals surface area (Å²) in [6, 6.07) is 14.6. The lowest BCUT2D eigenvalue weighted by atomic mass is 10.1. The lowest BCUT2D eigenvalue weighted by Crippen LogP contribution is -2.05. The zero-order chi connectivity index (χ0) is 16.8. The van der Waals surface area contributed by atoms with Gasteiger partial charge in [0.15, 0.2) is 0 Å². The number of rotatable bonds is 6. The Hall–Kier alpha value is -2.60. The van der Waals surface area contributed by atoms with E-state index in [-0.39, 0.29) is 11.7 Å². The molecule has 0 fully saturated rings. The van der Waals surface area contributed by atoms with Crippen LogP contribution in [-0.2, 0) is 16.1 Å². The van der Waals surface area contributed by atoms with Crippen LogP contribution >= 0.6 is 11.8 Å². The van der Waals surface area contributed by atoms with Gasteiger partial charge in [0.2, 0.25) is 0 Å². The van der Waals surface area contributed by atoms with Crippen molar-refractivity contribution >= 4 is 34.3 Å². The number of fused-ring (bicyclic) bond motifs is 1. The summed E-state index contributed by atoms with van der Waals surface area (Å²) < 4.78 is 4.62. The van der Waals surface area contributed by atoms with Gasteiger partial charge in [-0.2, -0.15) is 0 Å². The highest BCUT2D eigenvalue weighted by Gasteiger charge is 2.05. The van der Waals surface area contributed by atoms with Crippen LogP contribution in [0.5, 0.6) is 0 Å². The predicted molar refractivity (Wildman–Crippen MR) is 96.0 cm³/mol. The van der Waals surface area contributed by atoms with Gasteiger partial charge in [-0.15, -0.1) is 0 Å². The van der Waals surface area contributed by atoms with E-state index in [9.17, 15) is 4.79 Å². The van der Waals surface area contributed by atoms with E-state index in [0.717, 1.165) is 0 Å². The molecule has 0 atom stereocenters. The molecule has 6 heteroatoms. The molecule has 0 amide bonds. The van der Waals surface area contributed by atoms with Gasteiger partial charge in [0, 0.05) is 6.54 Å². The first-order valence-electron chi connectivity index (χ1n) is 7.48. The predicted octanol–water partition coefficient (Wildman–Crippen LogP) is 3.51. The van der Waals surface area contributed by atoms with Gasteiger partial charge >= 0.3 is 5.97 Å². The topological polar surface area (TPSA) is 64.1 Å². The Morgan fingerprint density at radius 1 is 1.17 bits per heavy atom. The van der Waals surface area contributed by atoms with E-state index >= 15 is 0 Å². The Labute approximate surface area is 144 Å². The minimum Gasteiger partial charge on any atom is -0.468 e. The smallest absolute Gasteiger partial charge is 0.316 e. The summed E-state index contributed by atoms with van der Waals surface area (Å²) in [4.78, 5) is 19.8. The SMILES string of the molecule is COC(=O)CSc1cncc(NCc2ccc3ccccc3c2)n1. The molecule has 0 aliphatic rings. The number of carbonyl (C=O) groups is 1. The van der Waals surface area contributed by atoms with Crippen molar-refractivity contribution in [2.24, 2.45) is 0 Å². The van der Waals surface area contributed by atoms with Gasteiger partial charge in [0.25, 0.3) is 0 Å². The van der Waals surface area contributed by atoms with Crippen LogP contribution in [0.25, 0.3) is 10.8 Å². The standard InChI is InChI=1S/C18H17N3O2S/c1-23-18(22)12-24-17-11-19-10-16(21-17)20-9-13-6-7-14-4-2-3-5-15(14)8-13/h2-8,10-11H,9,12H2,1H3,(H,20,21). The van der Waals surface area contributed by atoms with Crippen LogP contribution in [-0.4, -0.2) is 28.8 Å². The number of methoxy groups -OCH3 is 1. The molecular formula is C18H17N3O2S. The lowest BCUT2D eigenvalue weighted by molar-refractivity contribution is -0.137. The van der Waals surface area contributed by atoms with Crippen LogP contribution in [0.15, 0.2) is 59.9 Å². The highest BCUT2D eigenvalue weighted by Crippen LogP contribution is 2.18. The van der Waals surface area contributed by atoms with Gasteiger partial charge in [0.05, 0.1) is 25.3 Å². The number of nitrogens with zero attached hydrogens (tertiary/aromatic N) is 2. The van der Waals surface area contributed by atoms with Crippen LogP contribution in [0.2, 0.25) is 0 Å². The van der Waals surface area contributed by atoms with E-state index in [2.05, 4.69) is 50.4 Å². The summed E-state index contributed by atoms with van der Waals surface area (Å²) in [7, 11) is 1.37. The number of thioether (sulfide) groups is 1. The Balaban J connectivity index is 1.64. The van der Waals surface area contributed by atoms with E-state index in [1.54, 1.807) is 12.4 Å². The monoisotopic (exact) mass is 339 g/mol. The first-order chi connectivity index (χ1) is 11.7. The molecule has 5 nitrogen and oxygen atoms in total. The van der Waals surface area contributed by atoms with E-state index in [0.29, 0.717) is 17.4 Å². The summed E-state index contributed by atoms with van der Waals surface area (Å²) >= 11 is 1.30. The number of ether oxygens (including phenoxy) is 1. The van der Waals surface area contributed by atoms with E-state index < -0.39 is 0 Å².